The molecule has 0 spiro atoms. The number of hydrogen-bond donors (Lipinski definition) is 1. The van der Waals surface area contributed by atoms with Crippen molar-refractivity contribution >= 4 is 11.6 Å². The van der Waals surface area contributed by atoms with Gasteiger partial charge in [0.15, 0.2) is 0 Å². The minimum Gasteiger partial charge on any atom is -0.508 e. The fourth-order valence-corrected chi connectivity index (χ4v) is 2.39. The first kappa shape index (κ1) is 12.0. The Morgan fingerprint density at radius 3 is 2.29 bits per heavy atom. The molecule has 0 radical (unpaired) electrons. The standard InChI is InChI=1S/C13H15ClN2O/c1-8(2)16-9(3)15-12(13(16)14)10-4-6-11(17)7-5-10/h4-8,17H,1-3H3. The molecule has 17 heavy (non-hydrogen) atoms. The zero-order chi connectivity index (χ0) is 12.6. The van der Waals surface area contributed by atoms with Crippen LogP contribution in [0.15, 0.2) is 24.3 Å². The van der Waals surface area contributed by atoms with E-state index in [0.717, 1.165) is 17.1 Å². The molecule has 4 heteroatoms. The molecule has 0 unspecified atom stereocenters. The van der Waals surface area contributed by atoms with Crippen LogP contribution in [0, 0.1) is 6.92 Å². The van der Waals surface area contributed by atoms with Crippen molar-refractivity contribution in [3.63, 3.8) is 0 Å². The minimum atomic E-state index is 0.241. The summed E-state index contributed by atoms with van der Waals surface area (Å²) in [5.41, 5.74) is 1.67. The number of hydrogen-bond acceptors (Lipinski definition) is 2. The third-order valence-electron chi connectivity index (χ3n) is 2.69. The minimum absolute atomic E-state index is 0.241. The number of aromatic nitrogens is 2. The van der Waals surface area contributed by atoms with Crippen molar-refractivity contribution < 1.29 is 5.11 Å². The second kappa shape index (κ2) is 4.41. The smallest absolute Gasteiger partial charge is 0.137 e. The first-order valence-corrected chi connectivity index (χ1v) is 5.92. The van der Waals surface area contributed by atoms with Crippen LogP contribution in [-0.2, 0) is 0 Å². The van der Waals surface area contributed by atoms with Crippen LogP contribution in [0.1, 0.15) is 25.7 Å². The predicted molar refractivity (Wildman–Crippen MR) is 69.5 cm³/mol. The second-order valence-corrected chi connectivity index (χ2v) is 4.67. The van der Waals surface area contributed by atoms with Gasteiger partial charge in [-0.25, -0.2) is 4.98 Å². The lowest BCUT2D eigenvalue weighted by Crippen LogP contribution is -2.02. The molecule has 3 nitrogen and oxygen atoms in total. The molecule has 0 aliphatic rings. The highest BCUT2D eigenvalue weighted by molar-refractivity contribution is 6.32. The van der Waals surface area contributed by atoms with E-state index in [9.17, 15) is 5.11 Å². The average Bonchev–Trinajstić information content (AvgIpc) is 2.55. The monoisotopic (exact) mass is 250 g/mol. The molecule has 1 aromatic heterocycles. The first-order valence-electron chi connectivity index (χ1n) is 5.54. The highest BCUT2D eigenvalue weighted by atomic mass is 35.5. The quantitative estimate of drug-likeness (QED) is 0.880. The molecule has 0 saturated carbocycles. The summed E-state index contributed by atoms with van der Waals surface area (Å²) in [4.78, 5) is 4.48. The van der Waals surface area contributed by atoms with Crippen LogP contribution in [0.25, 0.3) is 11.3 Å². The van der Waals surface area contributed by atoms with Gasteiger partial charge in [0.1, 0.15) is 22.4 Å². The Labute approximate surface area is 106 Å². The van der Waals surface area contributed by atoms with Gasteiger partial charge >= 0.3 is 0 Å². The molecule has 0 atom stereocenters. The van der Waals surface area contributed by atoms with Crippen molar-refractivity contribution in [3.05, 3.63) is 35.2 Å². The Morgan fingerprint density at radius 1 is 1.24 bits per heavy atom. The van der Waals surface area contributed by atoms with Crippen LogP contribution in [0.4, 0.5) is 0 Å². The summed E-state index contributed by atoms with van der Waals surface area (Å²) in [6.45, 7) is 6.08. The molecule has 2 rings (SSSR count). The SMILES string of the molecule is Cc1nc(-c2ccc(O)cc2)c(Cl)n1C(C)C. The van der Waals surface area contributed by atoms with E-state index in [1.165, 1.54) is 0 Å². The molecule has 1 aromatic carbocycles. The summed E-state index contributed by atoms with van der Waals surface area (Å²) in [6, 6.07) is 7.17. The molecule has 1 heterocycles. The zero-order valence-electron chi connectivity index (χ0n) is 10.1. The fourth-order valence-electron chi connectivity index (χ4n) is 1.92. The molecule has 0 amide bonds. The van der Waals surface area contributed by atoms with Crippen LogP contribution in [0.3, 0.4) is 0 Å². The van der Waals surface area contributed by atoms with Crippen molar-refractivity contribution in [1.82, 2.24) is 9.55 Å². The van der Waals surface area contributed by atoms with Gasteiger partial charge in [-0.2, -0.15) is 0 Å². The Hall–Kier alpha value is -1.48. The molecule has 0 saturated heterocycles. The second-order valence-electron chi connectivity index (χ2n) is 4.31. The molecule has 0 aliphatic carbocycles. The number of rotatable bonds is 2. The van der Waals surface area contributed by atoms with Gasteiger partial charge in [-0.1, -0.05) is 11.6 Å². The molecule has 0 bridgehead atoms. The van der Waals surface area contributed by atoms with Crippen LogP contribution >= 0.6 is 11.6 Å². The first-order chi connectivity index (χ1) is 8.00. The van der Waals surface area contributed by atoms with Gasteiger partial charge in [-0.05, 0) is 45.0 Å². The molecular weight excluding hydrogens is 236 g/mol. The molecule has 0 fully saturated rings. The summed E-state index contributed by atoms with van der Waals surface area (Å²) in [7, 11) is 0. The van der Waals surface area contributed by atoms with Crippen molar-refractivity contribution in [1.29, 1.82) is 0 Å². The highest BCUT2D eigenvalue weighted by Crippen LogP contribution is 2.31. The van der Waals surface area contributed by atoms with Gasteiger partial charge in [0.25, 0.3) is 0 Å². The van der Waals surface area contributed by atoms with Crippen molar-refractivity contribution in [2.45, 2.75) is 26.8 Å². The number of nitrogens with zero attached hydrogens (tertiary/aromatic N) is 2. The highest BCUT2D eigenvalue weighted by Gasteiger charge is 2.16. The van der Waals surface area contributed by atoms with Gasteiger partial charge in [0, 0.05) is 11.6 Å². The van der Waals surface area contributed by atoms with Crippen LogP contribution in [-0.4, -0.2) is 14.7 Å². The van der Waals surface area contributed by atoms with Crippen molar-refractivity contribution in [3.8, 4) is 17.0 Å². The van der Waals surface area contributed by atoms with Crippen molar-refractivity contribution in [2.24, 2.45) is 0 Å². The molecule has 1 N–H and O–H groups in total. The number of imidazole rings is 1. The van der Waals surface area contributed by atoms with E-state index in [0.29, 0.717) is 5.15 Å². The van der Waals surface area contributed by atoms with Crippen LogP contribution < -0.4 is 0 Å². The topological polar surface area (TPSA) is 38.1 Å². The third-order valence-corrected chi connectivity index (χ3v) is 3.05. The Kier molecular flexibility index (Phi) is 3.11. The van der Waals surface area contributed by atoms with E-state index in [-0.39, 0.29) is 11.8 Å². The Bertz CT molecular complexity index is 529. The summed E-state index contributed by atoms with van der Waals surface area (Å²) >= 11 is 6.34. The third kappa shape index (κ3) is 2.15. The number of benzene rings is 1. The number of aromatic hydroxyl groups is 1. The lowest BCUT2D eigenvalue weighted by atomic mass is 10.1. The fraction of sp³-hybridized carbons (Fsp3) is 0.308. The van der Waals surface area contributed by atoms with E-state index in [1.807, 2.05) is 23.6 Å². The summed E-state index contributed by atoms with van der Waals surface area (Å²) in [5, 5.41) is 9.90. The molecular formula is C13H15ClN2O. The zero-order valence-corrected chi connectivity index (χ0v) is 10.9. The predicted octanol–water partition coefficient (Wildman–Crippen LogP) is 3.80. The van der Waals surface area contributed by atoms with Gasteiger partial charge in [-0.3, -0.25) is 0 Å². The summed E-state index contributed by atoms with van der Waals surface area (Å²) in [6.07, 6.45) is 0. The number of halogens is 1. The van der Waals surface area contributed by atoms with Crippen molar-refractivity contribution in [2.75, 3.05) is 0 Å². The summed E-state index contributed by atoms with van der Waals surface area (Å²) in [5.74, 6) is 1.14. The van der Waals surface area contributed by atoms with E-state index in [4.69, 9.17) is 11.6 Å². The normalized spacial score (nSPS) is 11.1. The number of aryl methyl sites for hydroxylation is 1. The average molecular weight is 251 g/mol. The lowest BCUT2D eigenvalue weighted by Gasteiger charge is -2.10. The van der Waals surface area contributed by atoms with E-state index < -0.39 is 0 Å². The molecule has 0 aliphatic heterocycles. The van der Waals surface area contributed by atoms with Gasteiger partial charge in [0.2, 0.25) is 0 Å². The van der Waals surface area contributed by atoms with Gasteiger partial charge < -0.3 is 9.67 Å². The molecule has 90 valence electrons. The van der Waals surface area contributed by atoms with Crippen LogP contribution in [0.5, 0.6) is 5.75 Å². The maximum Gasteiger partial charge on any atom is 0.137 e. The lowest BCUT2D eigenvalue weighted by molar-refractivity contribution is 0.475. The van der Waals surface area contributed by atoms with E-state index in [2.05, 4.69) is 18.8 Å². The van der Waals surface area contributed by atoms with Gasteiger partial charge in [0.05, 0.1) is 0 Å². The Balaban J connectivity index is 2.53. The number of phenolic OH excluding ortho intramolecular Hbond substituents is 1. The largest absolute Gasteiger partial charge is 0.508 e. The number of phenols is 1. The van der Waals surface area contributed by atoms with E-state index in [1.54, 1.807) is 12.1 Å². The van der Waals surface area contributed by atoms with E-state index >= 15 is 0 Å². The van der Waals surface area contributed by atoms with Crippen LogP contribution in [0.2, 0.25) is 5.15 Å². The maximum atomic E-state index is 9.26. The maximum absolute atomic E-state index is 9.26. The summed E-state index contributed by atoms with van der Waals surface area (Å²) < 4.78 is 1.99. The van der Waals surface area contributed by atoms with Gasteiger partial charge in [-0.15, -0.1) is 0 Å². The Morgan fingerprint density at radius 2 is 1.82 bits per heavy atom. The molecule has 2 aromatic rings.